The molecular weight excluding hydrogens is 373 g/mol. The smallest absolute Gasteiger partial charge is 0.141 e. The SMILES string of the molecule is N=C(c1cc(O)cc(F)c1)c1c(N)ncnc1NC1CCCc2c(O)cccc21. The quantitative estimate of drug-likeness (QED) is 0.432. The third kappa shape index (κ3) is 3.56. The van der Waals surface area contributed by atoms with Crippen LogP contribution < -0.4 is 11.1 Å². The molecule has 1 atom stereocenters. The van der Waals surface area contributed by atoms with Crippen molar-refractivity contribution < 1.29 is 14.6 Å². The fourth-order valence-corrected chi connectivity index (χ4v) is 3.76. The van der Waals surface area contributed by atoms with Gasteiger partial charge in [0.1, 0.15) is 35.3 Å². The second-order valence-electron chi connectivity index (χ2n) is 6.99. The number of fused-ring (bicyclic) bond motifs is 1. The van der Waals surface area contributed by atoms with Gasteiger partial charge in [0, 0.05) is 11.6 Å². The Kier molecular flexibility index (Phi) is 4.75. The molecule has 0 radical (unpaired) electrons. The number of nitrogen functional groups attached to an aromatic ring is 1. The van der Waals surface area contributed by atoms with Crippen LogP contribution in [0.5, 0.6) is 11.5 Å². The summed E-state index contributed by atoms with van der Waals surface area (Å²) in [4.78, 5) is 8.23. The molecule has 148 valence electrons. The first-order chi connectivity index (χ1) is 13.9. The van der Waals surface area contributed by atoms with E-state index < -0.39 is 5.82 Å². The topological polar surface area (TPSA) is 128 Å². The minimum Gasteiger partial charge on any atom is -0.508 e. The molecule has 0 fully saturated rings. The highest BCUT2D eigenvalue weighted by Crippen LogP contribution is 2.37. The standard InChI is InChI=1S/C21H20FN5O2/c22-12-7-11(8-13(28)9-12)19(23)18-20(24)25-10-26-21(18)27-16-5-1-4-15-14(16)3-2-6-17(15)29/h2-3,6-10,16,23,28-29H,1,4-5H2,(H3,24,25,26,27). The number of benzene rings is 2. The number of halogens is 1. The summed E-state index contributed by atoms with van der Waals surface area (Å²) >= 11 is 0. The maximum absolute atomic E-state index is 13.7. The summed E-state index contributed by atoms with van der Waals surface area (Å²) in [6, 6.07) is 8.68. The highest BCUT2D eigenvalue weighted by atomic mass is 19.1. The van der Waals surface area contributed by atoms with Crippen LogP contribution in [0.2, 0.25) is 0 Å². The molecule has 29 heavy (non-hydrogen) atoms. The van der Waals surface area contributed by atoms with E-state index in [1.165, 1.54) is 12.4 Å². The van der Waals surface area contributed by atoms with Crippen molar-refractivity contribution >= 4 is 17.3 Å². The number of nitrogens with two attached hydrogens (primary N) is 1. The monoisotopic (exact) mass is 393 g/mol. The molecule has 0 saturated heterocycles. The van der Waals surface area contributed by atoms with Crippen molar-refractivity contribution in [1.82, 2.24) is 9.97 Å². The molecule has 0 amide bonds. The highest BCUT2D eigenvalue weighted by Gasteiger charge is 2.25. The lowest BCUT2D eigenvalue weighted by molar-refractivity contribution is 0.457. The van der Waals surface area contributed by atoms with Crippen LogP contribution >= 0.6 is 0 Å². The van der Waals surface area contributed by atoms with Crippen LogP contribution in [0.25, 0.3) is 0 Å². The third-order valence-corrected chi connectivity index (χ3v) is 5.09. The van der Waals surface area contributed by atoms with Gasteiger partial charge in [-0.2, -0.15) is 0 Å². The Bertz CT molecular complexity index is 1080. The van der Waals surface area contributed by atoms with Gasteiger partial charge in [-0.25, -0.2) is 14.4 Å². The van der Waals surface area contributed by atoms with E-state index in [0.717, 1.165) is 42.5 Å². The van der Waals surface area contributed by atoms with Gasteiger partial charge in [-0.3, -0.25) is 5.41 Å². The lowest BCUT2D eigenvalue weighted by Gasteiger charge is -2.28. The summed E-state index contributed by atoms with van der Waals surface area (Å²) in [5.74, 6) is -0.271. The van der Waals surface area contributed by atoms with Gasteiger partial charge in [-0.05, 0) is 48.6 Å². The van der Waals surface area contributed by atoms with Crippen LogP contribution in [-0.2, 0) is 6.42 Å². The van der Waals surface area contributed by atoms with E-state index >= 15 is 0 Å². The number of hydrogen-bond donors (Lipinski definition) is 5. The number of hydrogen-bond acceptors (Lipinski definition) is 7. The summed E-state index contributed by atoms with van der Waals surface area (Å²) in [6.07, 6.45) is 3.78. The van der Waals surface area contributed by atoms with E-state index in [1.807, 2.05) is 6.07 Å². The number of nitrogens with zero attached hydrogens (tertiary/aromatic N) is 2. The zero-order valence-corrected chi connectivity index (χ0v) is 15.5. The molecule has 2 aromatic carbocycles. The van der Waals surface area contributed by atoms with Gasteiger partial charge in [0.15, 0.2) is 0 Å². The zero-order valence-electron chi connectivity index (χ0n) is 15.5. The Morgan fingerprint density at radius 1 is 1.21 bits per heavy atom. The number of anilines is 2. The summed E-state index contributed by atoms with van der Waals surface area (Å²) in [5, 5.41) is 31.7. The minimum absolute atomic E-state index is 0.0724. The van der Waals surface area contributed by atoms with Crippen molar-refractivity contribution in [3.05, 3.63) is 70.8 Å². The summed E-state index contributed by atoms with van der Waals surface area (Å²) in [6.45, 7) is 0. The highest BCUT2D eigenvalue weighted by molar-refractivity contribution is 6.16. The van der Waals surface area contributed by atoms with Gasteiger partial charge >= 0.3 is 0 Å². The van der Waals surface area contributed by atoms with Crippen LogP contribution in [0.1, 0.15) is 41.1 Å². The van der Waals surface area contributed by atoms with E-state index in [1.54, 1.807) is 12.1 Å². The fraction of sp³-hybridized carbons (Fsp3) is 0.190. The molecule has 0 saturated carbocycles. The number of rotatable bonds is 4. The molecule has 0 bridgehead atoms. The van der Waals surface area contributed by atoms with Crippen molar-refractivity contribution in [2.45, 2.75) is 25.3 Å². The van der Waals surface area contributed by atoms with E-state index in [2.05, 4.69) is 15.3 Å². The van der Waals surface area contributed by atoms with Crippen LogP contribution in [0.15, 0.2) is 42.7 Å². The lowest BCUT2D eigenvalue weighted by atomic mass is 9.87. The summed E-state index contributed by atoms with van der Waals surface area (Å²) in [7, 11) is 0. The van der Waals surface area contributed by atoms with Gasteiger partial charge in [0.05, 0.1) is 17.3 Å². The van der Waals surface area contributed by atoms with Crippen LogP contribution in [0, 0.1) is 11.2 Å². The maximum Gasteiger partial charge on any atom is 0.141 e. The van der Waals surface area contributed by atoms with Crippen molar-refractivity contribution in [2.24, 2.45) is 0 Å². The predicted octanol–water partition coefficient (Wildman–Crippen LogP) is 3.51. The number of nitrogens with one attached hydrogen (secondary N) is 2. The summed E-state index contributed by atoms with van der Waals surface area (Å²) in [5.41, 5.74) is 8.18. The Morgan fingerprint density at radius 3 is 2.83 bits per heavy atom. The van der Waals surface area contributed by atoms with Crippen molar-refractivity contribution in [2.75, 3.05) is 11.1 Å². The minimum atomic E-state index is -0.661. The van der Waals surface area contributed by atoms with Gasteiger partial charge in [0.25, 0.3) is 0 Å². The van der Waals surface area contributed by atoms with Crippen molar-refractivity contribution in [1.29, 1.82) is 5.41 Å². The van der Waals surface area contributed by atoms with Crippen LogP contribution in [0.3, 0.4) is 0 Å². The predicted molar refractivity (Wildman–Crippen MR) is 108 cm³/mol. The maximum atomic E-state index is 13.7. The van der Waals surface area contributed by atoms with Crippen molar-refractivity contribution in [3.8, 4) is 11.5 Å². The first-order valence-electron chi connectivity index (χ1n) is 9.20. The van der Waals surface area contributed by atoms with Crippen LogP contribution in [0.4, 0.5) is 16.0 Å². The Hall–Kier alpha value is -3.68. The molecule has 1 unspecified atom stereocenters. The van der Waals surface area contributed by atoms with Gasteiger partial charge in [0.2, 0.25) is 0 Å². The normalized spacial score (nSPS) is 15.6. The van der Waals surface area contributed by atoms with E-state index in [9.17, 15) is 14.6 Å². The molecule has 1 aromatic heterocycles. The summed E-state index contributed by atoms with van der Waals surface area (Å²) < 4.78 is 13.7. The molecule has 0 aliphatic heterocycles. The zero-order chi connectivity index (χ0) is 20.5. The Labute approximate surface area is 166 Å². The van der Waals surface area contributed by atoms with E-state index in [-0.39, 0.29) is 40.2 Å². The van der Waals surface area contributed by atoms with Gasteiger partial charge in [-0.15, -0.1) is 0 Å². The molecule has 4 rings (SSSR count). The molecule has 0 spiro atoms. The Balaban J connectivity index is 1.73. The first-order valence-corrected chi connectivity index (χ1v) is 9.20. The third-order valence-electron chi connectivity index (χ3n) is 5.09. The molecule has 1 aliphatic rings. The second-order valence-corrected chi connectivity index (χ2v) is 6.99. The average molecular weight is 393 g/mol. The molecule has 7 nitrogen and oxygen atoms in total. The number of phenolic OH excluding ortho intramolecular Hbond substituents is 2. The first kappa shape index (κ1) is 18.7. The molecule has 1 heterocycles. The molecule has 3 aromatic rings. The van der Waals surface area contributed by atoms with E-state index in [4.69, 9.17) is 11.1 Å². The second kappa shape index (κ2) is 7.38. The average Bonchev–Trinajstić information content (AvgIpc) is 2.68. The van der Waals surface area contributed by atoms with Crippen LogP contribution in [-0.4, -0.2) is 25.9 Å². The van der Waals surface area contributed by atoms with Crippen molar-refractivity contribution in [3.63, 3.8) is 0 Å². The molecular formula is C21H20FN5O2. The number of aromatic nitrogens is 2. The number of aromatic hydroxyl groups is 2. The number of phenols is 2. The fourth-order valence-electron chi connectivity index (χ4n) is 3.76. The van der Waals surface area contributed by atoms with E-state index in [0.29, 0.717) is 5.82 Å². The molecule has 6 N–H and O–H groups in total. The lowest BCUT2D eigenvalue weighted by Crippen LogP contribution is -2.21. The van der Waals surface area contributed by atoms with Gasteiger partial charge < -0.3 is 21.3 Å². The Morgan fingerprint density at radius 2 is 2.03 bits per heavy atom. The van der Waals surface area contributed by atoms with Gasteiger partial charge in [-0.1, -0.05) is 12.1 Å². The molecule has 1 aliphatic carbocycles. The molecule has 8 heteroatoms. The largest absolute Gasteiger partial charge is 0.508 e.